The number of thiophene rings is 1. The van der Waals surface area contributed by atoms with E-state index in [1.807, 2.05) is 42.5 Å². The Morgan fingerprint density at radius 1 is 0.812 bits per heavy atom. The minimum atomic E-state index is -0.650. The lowest BCUT2D eigenvalue weighted by Crippen LogP contribution is -2.20. The number of carbonyl (C=O) groups is 3. The van der Waals surface area contributed by atoms with Crippen LogP contribution in [-0.4, -0.2) is 24.4 Å². The van der Waals surface area contributed by atoms with Gasteiger partial charge in [-0.15, -0.1) is 11.3 Å². The van der Waals surface area contributed by atoms with Gasteiger partial charge < -0.3 is 19.8 Å². The fourth-order valence-corrected chi connectivity index (χ4v) is 3.67. The molecule has 7 nitrogen and oxygen atoms in total. The zero-order valence-electron chi connectivity index (χ0n) is 16.7. The van der Waals surface area contributed by atoms with Gasteiger partial charge in [0, 0.05) is 5.69 Å². The van der Waals surface area contributed by atoms with Gasteiger partial charge in [0.2, 0.25) is 0 Å². The molecule has 0 aliphatic rings. The van der Waals surface area contributed by atoms with Gasteiger partial charge in [0.25, 0.3) is 11.8 Å². The highest BCUT2D eigenvalue weighted by Gasteiger charge is 2.15. The molecule has 0 bridgehead atoms. The van der Waals surface area contributed by atoms with E-state index in [2.05, 4.69) is 10.6 Å². The number of rotatable bonds is 7. The molecule has 0 aliphatic heterocycles. The lowest BCUT2D eigenvalue weighted by molar-refractivity contribution is -0.119. The zero-order chi connectivity index (χ0) is 22.3. The van der Waals surface area contributed by atoms with Gasteiger partial charge in [0.05, 0.1) is 11.3 Å². The first kappa shape index (κ1) is 21.1. The van der Waals surface area contributed by atoms with Crippen molar-refractivity contribution < 1.29 is 23.5 Å². The van der Waals surface area contributed by atoms with Crippen LogP contribution in [0.15, 0.2) is 89.5 Å². The number of ether oxygens (including phenoxy) is 1. The molecule has 2 aromatic carbocycles. The lowest BCUT2D eigenvalue weighted by atomic mass is 10.1. The Balaban J connectivity index is 1.26. The van der Waals surface area contributed by atoms with E-state index in [4.69, 9.17) is 9.15 Å². The molecule has 0 saturated carbocycles. The fraction of sp³-hybridized carbons (Fsp3) is 0.0417. The summed E-state index contributed by atoms with van der Waals surface area (Å²) in [5.41, 5.74) is 2.71. The Hall–Kier alpha value is -4.17. The summed E-state index contributed by atoms with van der Waals surface area (Å²) < 4.78 is 10.1. The predicted octanol–water partition coefficient (Wildman–Crippen LogP) is 5.06. The van der Waals surface area contributed by atoms with Crippen molar-refractivity contribution in [3.8, 4) is 11.1 Å². The smallest absolute Gasteiger partial charge is 0.348 e. The normalized spacial score (nSPS) is 10.4. The molecule has 0 fully saturated rings. The SMILES string of the molecule is O=C(COC(=O)c1ccc(NC(=O)c2ccco2)s1)Nc1ccc(-c2ccccc2)cc1. The van der Waals surface area contributed by atoms with Crippen LogP contribution >= 0.6 is 11.3 Å². The minimum Gasteiger partial charge on any atom is -0.459 e. The molecular formula is C24H18N2O5S. The van der Waals surface area contributed by atoms with Crippen LogP contribution in [0.1, 0.15) is 20.2 Å². The first-order valence-electron chi connectivity index (χ1n) is 9.65. The van der Waals surface area contributed by atoms with E-state index in [1.54, 1.807) is 24.3 Å². The van der Waals surface area contributed by atoms with Crippen molar-refractivity contribution in [3.63, 3.8) is 0 Å². The van der Waals surface area contributed by atoms with Gasteiger partial charge in [-0.05, 0) is 47.5 Å². The van der Waals surface area contributed by atoms with Gasteiger partial charge in [0.1, 0.15) is 4.88 Å². The zero-order valence-corrected chi connectivity index (χ0v) is 17.6. The van der Waals surface area contributed by atoms with Crippen molar-refractivity contribution in [1.29, 1.82) is 0 Å². The highest BCUT2D eigenvalue weighted by molar-refractivity contribution is 7.18. The monoisotopic (exact) mass is 446 g/mol. The molecule has 0 aliphatic carbocycles. The van der Waals surface area contributed by atoms with Crippen LogP contribution in [-0.2, 0) is 9.53 Å². The Labute approximate surface area is 187 Å². The van der Waals surface area contributed by atoms with Gasteiger partial charge in [0.15, 0.2) is 12.4 Å². The number of hydrogen-bond donors (Lipinski definition) is 2. The van der Waals surface area contributed by atoms with E-state index in [-0.39, 0.29) is 10.6 Å². The lowest BCUT2D eigenvalue weighted by Gasteiger charge is -2.07. The van der Waals surface area contributed by atoms with Gasteiger partial charge >= 0.3 is 5.97 Å². The van der Waals surface area contributed by atoms with Crippen molar-refractivity contribution in [1.82, 2.24) is 0 Å². The van der Waals surface area contributed by atoms with E-state index in [0.29, 0.717) is 10.7 Å². The molecule has 2 heterocycles. The Morgan fingerprint density at radius 3 is 2.28 bits per heavy atom. The first-order valence-corrected chi connectivity index (χ1v) is 10.5. The molecule has 8 heteroatoms. The second-order valence-corrected chi connectivity index (χ2v) is 7.75. The molecule has 32 heavy (non-hydrogen) atoms. The average Bonchev–Trinajstić information content (AvgIpc) is 3.51. The van der Waals surface area contributed by atoms with Crippen LogP contribution in [0.3, 0.4) is 0 Å². The van der Waals surface area contributed by atoms with Crippen molar-refractivity contribution in [3.05, 3.63) is 95.8 Å². The maximum atomic E-state index is 12.2. The molecule has 2 amide bonds. The summed E-state index contributed by atoms with van der Waals surface area (Å²) in [5.74, 6) is -1.36. The fourth-order valence-electron chi connectivity index (χ4n) is 2.87. The van der Waals surface area contributed by atoms with Crippen molar-refractivity contribution in [2.75, 3.05) is 17.2 Å². The highest BCUT2D eigenvalue weighted by Crippen LogP contribution is 2.24. The number of anilines is 2. The van der Waals surface area contributed by atoms with Gasteiger partial charge in [-0.1, -0.05) is 42.5 Å². The van der Waals surface area contributed by atoms with Crippen LogP contribution < -0.4 is 10.6 Å². The number of esters is 1. The highest BCUT2D eigenvalue weighted by atomic mass is 32.1. The number of amides is 2. The van der Waals surface area contributed by atoms with Gasteiger partial charge in [-0.3, -0.25) is 9.59 Å². The van der Waals surface area contributed by atoms with Crippen LogP contribution in [0.2, 0.25) is 0 Å². The number of hydrogen-bond acceptors (Lipinski definition) is 6. The van der Waals surface area contributed by atoms with Gasteiger partial charge in [-0.2, -0.15) is 0 Å². The van der Waals surface area contributed by atoms with E-state index in [0.717, 1.165) is 22.5 Å². The topological polar surface area (TPSA) is 97.6 Å². The molecule has 4 aromatic rings. The summed E-state index contributed by atoms with van der Waals surface area (Å²) in [6.07, 6.45) is 1.40. The van der Waals surface area contributed by atoms with Crippen LogP contribution in [0, 0.1) is 0 Å². The van der Waals surface area contributed by atoms with Crippen molar-refractivity contribution in [2.45, 2.75) is 0 Å². The molecule has 2 N–H and O–H groups in total. The van der Waals surface area contributed by atoms with E-state index < -0.39 is 24.4 Å². The maximum absolute atomic E-state index is 12.2. The second-order valence-electron chi connectivity index (χ2n) is 6.66. The summed E-state index contributed by atoms with van der Waals surface area (Å²) >= 11 is 1.04. The van der Waals surface area contributed by atoms with E-state index in [9.17, 15) is 14.4 Å². The molecule has 4 rings (SSSR count). The molecule has 2 aromatic heterocycles. The third kappa shape index (κ3) is 5.30. The average molecular weight is 446 g/mol. The molecule has 0 radical (unpaired) electrons. The van der Waals surface area contributed by atoms with Crippen LogP contribution in [0.5, 0.6) is 0 Å². The quantitative estimate of drug-likeness (QED) is 0.387. The molecule has 0 unspecified atom stereocenters. The number of furan rings is 1. The Kier molecular flexibility index (Phi) is 6.43. The summed E-state index contributed by atoms with van der Waals surface area (Å²) in [6, 6.07) is 23.5. The third-order valence-electron chi connectivity index (χ3n) is 4.40. The molecule has 0 atom stereocenters. The first-order chi connectivity index (χ1) is 15.6. The number of carbonyl (C=O) groups excluding carboxylic acids is 3. The van der Waals surface area contributed by atoms with E-state index >= 15 is 0 Å². The summed E-state index contributed by atoms with van der Waals surface area (Å²) in [7, 11) is 0. The minimum absolute atomic E-state index is 0.163. The molecule has 0 spiro atoms. The summed E-state index contributed by atoms with van der Waals surface area (Å²) in [4.78, 5) is 36.6. The summed E-state index contributed by atoms with van der Waals surface area (Å²) in [6.45, 7) is -0.425. The molecular weight excluding hydrogens is 428 g/mol. The maximum Gasteiger partial charge on any atom is 0.348 e. The predicted molar refractivity (Wildman–Crippen MR) is 122 cm³/mol. The number of benzene rings is 2. The third-order valence-corrected chi connectivity index (χ3v) is 5.38. The Morgan fingerprint density at radius 2 is 1.56 bits per heavy atom. The van der Waals surface area contributed by atoms with Crippen LogP contribution in [0.25, 0.3) is 11.1 Å². The Bertz CT molecular complexity index is 1220. The second kappa shape index (κ2) is 9.76. The standard InChI is InChI=1S/C24H18N2O5S/c27-21(25-18-10-8-17(9-11-18)16-5-2-1-3-6-16)15-31-24(29)20-12-13-22(32-20)26-23(28)19-7-4-14-30-19/h1-14H,15H2,(H,25,27)(H,26,28). The van der Waals surface area contributed by atoms with Crippen LogP contribution in [0.4, 0.5) is 10.7 Å². The van der Waals surface area contributed by atoms with Gasteiger partial charge in [-0.25, -0.2) is 4.79 Å². The van der Waals surface area contributed by atoms with E-state index in [1.165, 1.54) is 18.4 Å². The molecule has 0 saturated heterocycles. The van der Waals surface area contributed by atoms with Crippen molar-refractivity contribution in [2.24, 2.45) is 0 Å². The van der Waals surface area contributed by atoms with Crippen molar-refractivity contribution >= 4 is 39.8 Å². The summed E-state index contributed by atoms with van der Waals surface area (Å²) in [5, 5.41) is 5.79. The molecule has 160 valence electrons. The number of nitrogens with one attached hydrogen (secondary N) is 2. The largest absolute Gasteiger partial charge is 0.459 e.